The Morgan fingerprint density at radius 3 is 0.856 bits per heavy atom. The molecule has 1 unspecified atom stereocenters. The van der Waals surface area contributed by atoms with E-state index in [4.69, 9.17) is 21.4 Å². The van der Waals surface area contributed by atoms with Crippen LogP contribution >= 0.6 is 0 Å². The van der Waals surface area contributed by atoms with Crippen LogP contribution in [-0.4, -0.2) is 172 Å². The molecule has 10 aliphatic rings. The molecular formula is C92H188O16S3. The molecule has 19 heteroatoms. The van der Waals surface area contributed by atoms with Crippen molar-refractivity contribution >= 4 is 29.5 Å². The topological polar surface area (TPSA) is 283 Å². The van der Waals surface area contributed by atoms with Gasteiger partial charge in [-0.15, -0.1) is 0 Å². The fourth-order valence-corrected chi connectivity index (χ4v) is 19.9. The molecule has 0 spiro atoms. The maximum Gasteiger partial charge on any atom is 0.150 e. The summed E-state index contributed by atoms with van der Waals surface area (Å²) >= 11 is 0. The van der Waals surface area contributed by atoms with Crippen LogP contribution in [-0.2, 0) is 39.0 Å². The Bertz CT molecular complexity index is 3040. The first kappa shape index (κ1) is 103. The molecule has 6 aliphatic carbocycles. The third-order valence-corrected chi connectivity index (χ3v) is 26.5. The van der Waals surface area contributed by atoms with Gasteiger partial charge in [-0.05, 0) is 253 Å². The zero-order valence-electron chi connectivity index (χ0n) is 84.0. The van der Waals surface area contributed by atoms with Gasteiger partial charge in [-0.3, -0.25) is 0 Å². The first-order chi connectivity index (χ1) is 50.4. The van der Waals surface area contributed by atoms with Crippen LogP contribution in [0, 0.1) is 89.7 Å². The summed E-state index contributed by atoms with van der Waals surface area (Å²) in [6, 6.07) is 0. The van der Waals surface area contributed by atoms with Crippen LogP contribution in [0.15, 0.2) is 0 Å². The maximum absolute atomic E-state index is 11.1. The van der Waals surface area contributed by atoms with E-state index in [0.717, 1.165) is 147 Å². The second-order valence-electron chi connectivity index (χ2n) is 48.9. The average Bonchev–Trinajstić information content (AvgIpc) is 1.69. The second kappa shape index (κ2) is 42.3. The molecular weight excluding hydrogens is 1460 g/mol. The van der Waals surface area contributed by atoms with Gasteiger partial charge in [0, 0.05) is 19.0 Å². The first-order valence-electron chi connectivity index (χ1n) is 44.9. The fraction of sp³-hybridized carbons (Fsp3) is 1.00. The minimum Gasteiger partial charge on any atom is -0.393 e. The number of rotatable bonds is 7. The van der Waals surface area contributed by atoms with Gasteiger partial charge in [0.2, 0.25) is 0 Å². The van der Waals surface area contributed by atoms with Crippen molar-refractivity contribution in [1.29, 1.82) is 0 Å². The van der Waals surface area contributed by atoms with Crippen molar-refractivity contribution in [2.45, 2.75) is 441 Å². The largest absolute Gasteiger partial charge is 0.393 e. The number of ether oxygens (including phenoxy) is 2. The average molecular weight is 1650 g/mol. The molecule has 16 nitrogen and oxygen atoms in total. The lowest BCUT2D eigenvalue weighted by Gasteiger charge is -2.47. The highest BCUT2D eigenvalue weighted by molar-refractivity contribution is 7.92. The molecule has 0 aromatic carbocycles. The third kappa shape index (κ3) is 59.7. The fourth-order valence-electron chi connectivity index (χ4n) is 15.0. The molecule has 8 N–H and O–H groups in total. The molecule has 4 aliphatic heterocycles. The van der Waals surface area contributed by atoms with Gasteiger partial charge in [0.25, 0.3) is 0 Å². The van der Waals surface area contributed by atoms with Crippen LogP contribution in [0.2, 0.25) is 0 Å². The van der Waals surface area contributed by atoms with Gasteiger partial charge < -0.3 is 50.3 Å². The van der Waals surface area contributed by atoms with Crippen molar-refractivity contribution in [2.75, 3.05) is 55.7 Å². The Balaban J connectivity index is 0. The Labute approximate surface area is 694 Å². The van der Waals surface area contributed by atoms with Gasteiger partial charge in [0.05, 0.1) is 94.4 Å². The summed E-state index contributed by atoms with van der Waals surface area (Å²) in [6.07, 6.45) is 18.6. The van der Waals surface area contributed by atoms with Gasteiger partial charge in [0.1, 0.15) is 25.3 Å². The van der Waals surface area contributed by atoms with Crippen LogP contribution in [0.4, 0.5) is 0 Å². The summed E-state index contributed by atoms with van der Waals surface area (Å²) in [5, 5.41) is 75.5. The minimum absolute atomic E-state index is 0.0208. The smallest absolute Gasteiger partial charge is 0.150 e. The van der Waals surface area contributed by atoms with E-state index in [0.29, 0.717) is 75.6 Å². The van der Waals surface area contributed by atoms with Gasteiger partial charge >= 0.3 is 0 Å². The maximum atomic E-state index is 11.1. The second-order valence-corrected chi connectivity index (χ2v) is 55.7. The summed E-state index contributed by atoms with van der Waals surface area (Å²) in [4.78, 5) is 0. The van der Waals surface area contributed by atoms with Crippen molar-refractivity contribution in [1.82, 2.24) is 0 Å². The van der Waals surface area contributed by atoms with Crippen LogP contribution < -0.4 is 0 Å². The standard InChI is InChI=1S/C9H18O2S.2C9H18O.C8H16O2.2C8H16O.2C8H18O.C7H14O2S.C7H14O.C6H12O2S.C5H10O/c1-9(2,3)8-4-6-12(10,11)7-5-8;1-8(2,3)7-5-9(4,10)6-7;1-8(2,3)7-9(10)5-4-6-9;1-7(2,3)4-8(9)5-10-6-8;2*1-7(2,3)6-8(9)4-5-8;2*1-7(2,3)6-8(4,5)9;1-7(2,3)6-4-10(8,9)5-6;1-7(2,3)6-4-8-5-6;1-5-3-6(4-5)9(2,7)8;1-4-2-5(6)3-4/h8H,4-7H2,1-3H3;7,10H,5-6H2,1-4H3;10H,4-7H2,1-3H3;9H,4-6H2,1-3H3;2*9H,4-6H2,1-3H3;2*9H,6H2,1-5H3;6H,4-5H2,1-3H3;6H,4-5H2,1-3H3;5-6H,3-4H2,1-2H3;4-6H,2-3H2,1H3/i;;;;;;6D2;4D3;;;;. The number of aliphatic hydroxyl groups excluding tert-OH is 1. The molecule has 0 aromatic heterocycles. The highest BCUT2D eigenvalue weighted by Crippen LogP contribution is 2.49. The third-order valence-electron chi connectivity index (χ3n) is 21.3. The zero-order chi connectivity index (χ0) is 92.8. The molecule has 4 heterocycles. The van der Waals surface area contributed by atoms with Gasteiger partial charge in [-0.25, -0.2) is 25.3 Å². The summed E-state index contributed by atoms with van der Waals surface area (Å²) in [5.74, 6) is 5.52. The van der Waals surface area contributed by atoms with E-state index >= 15 is 0 Å². The Morgan fingerprint density at radius 1 is 0.432 bits per heavy atom. The number of aliphatic hydroxyl groups is 8. The highest BCUT2D eigenvalue weighted by atomic mass is 32.2. The molecule has 10 rings (SSSR count). The number of hydrogen-bond acceptors (Lipinski definition) is 16. The van der Waals surface area contributed by atoms with E-state index in [1.54, 1.807) is 20.8 Å². The quantitative estimate of drug-likeness (QED) is 0.118. The Kier molecular flexibility index (Phi) is 39.2. The predicted molar refractivity (Wildman–Crippen MR) is 470 cm³/mol. The van der Waals surface area contributed by atoms with Crippen molar-refractivity contribution in [3.8, 4) is 0 Å². The Hall–Kier alpha value is -0.550. The Morgan fingerprint density at radius 2 is 0.757 bits per heavy atom. The van der Waals surface area contributed by atoms with Crippen LogP contribution in [0.25, 0.3) is 0 Å². The summed E-state index contributed by atoms with van der Waals surface area (Å²) < 4.78 is 112. The van der Waals surface area contributed by atoms with E-state index in [1.165, 1.54) is 33.4 Å². The molecule has 111 heavy (non-hydrogen) atoms. The first-order valence-corrected chi connectivity index (χ1v) is 48.0. The number of hydrogen-bond donors (Lipinski definition) is 8. The zero-order valence-corrected chi connectivity index (χ0v) is 81.4. The van der Waals surface area contributed by atoms with E-state index in [9.17, 15) is 61.0 Å². The molecule has 0 amide bonds. The molecule has 670 valence electrons. The van der Waals surface area contributed by atoms with Gasteiger partial charge in [0.15, 0.2) is 9.84 Å². The van der Waals surface area contributed by atoms with Crippen molar-refractivity contribution in [3.05, 3.63) is 0 Å². The van der Waals surface area contributed by atoms with Gasteiger partial charge in [-0.2, -0.15) is 0 Å². The molecule has 6 saturated carbocycles. The van der Waals surface area contributed by atoms with E-state index in [2.05, 4.69) is 180 Å². The molecule has 1 atom stereocenters. The van der Waals surface area contributed by atoms with E-state index in [-0.39, 0.29) is 67.3 Å². The van der Waals surface area contributed by atoms with Gasteiger partial charge in [-0.1, -0.05) is 222 Å². The highest BCUT2D eigenvalue weighted by Gasteiger charge is 2.47. The van der Waals surface area contributed by atoms with Crippen molar-refractivity contribution in [2.24, 2.45) is 89.7 Å². The minimum atomic E-state index is -2.70. The van der Waals surface area contributed by atoms with E-state index < -0.39 is 65.0 Å². The number of sulfone groups is 3. The molecule has 0 bridgehead atoms. The summed E-state index contributed by atoms with van der Waals surface area (Å²) in [6.45, 7) is 74.6. The molecule has 4 saturated heterocycles. The molecule has 0 radical (unpaired) electrons. The van der Waals surface area contributed by atoms with Crippen molar-refractivity contribution < 1.29 is 82.4 Å². The lowest BCUT2D eigenvalue weighted by Crippen LogP contribution is -2.51. The van der Waals surface area contributed by atoms with Crippen LogP contribution in [0.1, 0.15) is 398 Å². The lowest BCUT2D eigenvalue weighted by molar-refractivity contribution is -0.192. The van der Waals surface area contributed by atoms with Crippen LogP contribution in [0.3, 0.4) is 0 Å². The monoisotopic (exact) mass is 1650 g/mol. The molecule has 0 aromatic rings. The predicted octanol–water partition coefficient (Wildman–Crippen LogP) is 20.2. The normalized spacial score (nSPS) is 27.6. The lowest BCUT2D eigenvalue weighted by atomic mass is 9.61. The van der Waals surface area contributed by atoms with E-state index in [1.807, 2.05) is 27.7 Å². The summed E-state index contributed by atoms with van der Waals surface area (Å²) in [5.41, 5.74) is -2.86. The SMILES string of the molecule is CC(C)(C)C1CCS(=O)(=O)CC1.CC(C)(C)C1COC1.CC(C)(C)C1CS(=O)(=O)C1.CC(C)(C)CC1(O)CC1.CC(C)(C)CC1(O)CC1.CC(C)(C)CC1(O)CCC1.CC(C)(C)CC1(O)COC1.CC1(O)CC(C(C)(C)C)C1.CC1CC(O)C1.CC1CC(S(C)(=O)=O)C1.[2H]C([2H])(C(C)(C)C)C(C)(C)O.[2H]C([2H])([2H])C(C)(O)CC(C)(C)C. The summed E-state index contributed by atoms with van der Waals surface area (Å²) in [7, 11) is -7.99. The molecule has 10 fully saturated rings. The van der Waals surface area contributed by atoms with Crippen molar-refractivity contribution in [3.63, 3.8) is 0 Å². The van der Waals surface area contributed by atoms with Crippen LogP contribution in [0.5, 0.6) is 0 Å².